The summed E-state index contributed by atoms with van der Waals surface area (Å²) in [4.78, 5) is 73.2. The summed E-state index contributed by atoms with van der Waals surface area (Å²) in [6, 6.07) is 0. The molecule has 0 rings (SSSR count). The first kappa shape index (κ1) is 103. The quantitative estimate of drug-likeness (QED) is 0.0222. The van der Waals surface area contributed by atoms with Crippen LogP contribution in [0.1, 0.15) is 459 Å². The summed E-state index contributed by atoms with van der Waals surface area (Å²) in [6.45, 7) is 9.69. The number of hydrogen-bond donors (Lipinski definition) is 3. The molecule has 0 heterocycles. The van der Waals surface area contributed by atoms with Gasteiger partial charge in [-0.2, -0.15) is 0 Å². The Morgan fingerprint density at radius 3 is 0.724 bits per heavy atom. The zero-order valence-corrected chi connectivity index (χ0v) is 70.8. The SMILES string of the molecule is CCCCCCCCCCCCCCCCCCCCCCCC(=O)OC[C@H](COP(=O)(O)OC[C@@H](O)COP(=O)(O)OC[C@@H](COC(=O)CCCCCCCCCCCCC)OC(=O)CCCCCCCCCCC(C)CC)OC(=O)CCCCCCCCCCCCCCCCCCCCC(C)C. The van der Waals surface area contributed by atoms with Gasteiger partial charge in [0.05, 0.1) is 26.4 Å². The van der Waals surface area contributed by atoms with Crippen LogP contribution < -0.4 is 0 Å². The van der Waals surface area contributed by atoms with E-state index in [9.17, 15) is 43.2 Å². The van der Waals surface area contributed by atoms with E-state index in [2.05, 4.69) is 41.5 Å². The third kappa shape index (κ3) is 78.5. The van der Waals surface area contributed by atoms with Crippen molar-refractivity contribution in [1.29, 1.82) is 0 Å². The second-order valence-electron chi connectivity index (χ2n) is 31.6. The molecule has 0 saturated carbocycles. The van der Waals surface area contributed by atoms with Gasteiger partial charge in [-0.25, -0.2) is 9.13 Å². The van der Waals surface area contributed by atoms with Gasteiger partial charge in [-0.1, -0.05) is 408 Å². The van der Waals surface area contributed by atoms with E-state index in [4.69, 9.17) is 37.0 Å². The average Bonchev–Trinajstić information content (AvgIpc) is 0.907. The van der Waals surface area contributed by atoms with E-state index in [1.54, 1.807) is 0 Å². The van der Waals surface area contributed by atoms with Crippen LogP contribution in [-0.4, -0.2) is 96.7 Å². The second kappa shape index (κ2) is 77.4. The molecule has 105 heavy (non-hydrogen) atoms. The van der Waals surface area contributed by atoms with Gasteiger partial charge in [-0.3, -0.25) is 37.3 Å². The van der Waals surface area contributed by atoms with Crippen LogP contribution in [0.4, 0.5) is 0 Å². The van der Waals surface area contributed by atoms with Gasteiger partial charge in [0.1, 0.15) is 19.3 Å². The Morgan fingerprint density at radius 1 is 0.276 bits per heavy atom. The monoisotopic (exact) mass is 1540 g/mol. The molecular weight excluding hydrogens is 1370 g/mol. The average molecular weight is 1540 g/mol. The third-order valence-corrected chi connectivity index (χ3v) is 22.5. The number of phosphoric acid groups is 2. The normalized spacial score (nSPS) is 14.1. The summed E-state index contributed by atoms with van der Waals surface area (Å²) < 4.78 is 68.8. The van der Waals surface area contributed by atoms with Gasteiger partial charge in [-0.05, 0) is 37.5 Å². The Balaban J connectivity index is 5.21. The molecule has 19 heteroatoms. The molecule has 0 fully saturated rings. The maximum Gasteiger partial charge on any atom is 0.472 e. The van der Waals surface area contributed by atoms with Gasteiger partial charge in [0.25, 0.3) is 0 Å². The highest BCUT2D eigenvalue weighted by atomic mass is 31.2. The maximum absolute atomic E-state index is 13.1. The van der Waals surface area contributed by atoms with Crippen LogP contribution in [-0.2, 0) is 65.4 Å². The van der Waals surface area contributed by atoms with E-state index in [0.29, 0.717) is 25.7 Å². The molecule has 0 aliphatic rings. The molecule has 0 radical (unpaired) electrons. The van der Waals surface area contributed by atoms with Crippen molar-refractivity contribution >= 4 is 39.5 Å². The van der Waals surface area contributed by atoms with Gasteiger partial charge in [0, 0.05) is 25.7 Å². The van der Waals surface area contributed by atoms with E-state index in [0.717, 1.165) is 102 Å². The van der Waals surface area contributed by atoms with Gasteiger partial charge < -0.3 is 33.8 Å². The van der Waals surface area contributed by atoms with Crippen LogP contribution in [0, 0.1) is 11.8 Å². The topological polar surface area (TPSA) is 237 Å². The fourth-order valence-electron chi connectivity index (χ4n) is 13.4. The summed E-state index contributed by atoms with van der Waals surface area (Å²) in [5.74, 6) is -0.515. The molecule has 0 aromatic carbocycles. The third-order valence-electron chi connectivity index (χ3n) is 20.6. The Hall–Kier alpha value is -1.94. The molecule has 0 spiro atoms. The number of esters is 4. The van der Waals surface area contributed by atoms with E-state index < -0.39 is 97.5 Å². The number of carbonyl (C=O) groups is 4. The standard InChI is InChI=1S/C86H168O17P2/c1-7-10-12-14-16-18-20-21-22-23-24-25-26-30-33-36-40-44-51-57-63-69-84(89)97-74-81(102-85(90)70-64-58-52-45-41-37-34-31-28-27-29-32-35-39-42-48-54-60-66-78(4)5)76-100-104(92,93)98-72-80(87)73-99-105(94,95)101-77-82(75-96-83(88)68-62-56-50-43-38-19-17-15-13-11-8-2)103-86(91)71-65-59-53-47-46-49-55-61-67-79(6)9-3/h78-82,87H,7-77H2,1-6H3,(H,92,93)(H,94,95)/t79?,80-,81-,82-/m1/s1. The highest BCUT2D eigenvalue weighted by Gasteiger charge is 2.30. The number of hydrogen-bond acceptors (Lipinski definition) is 15. The van der Waals surface area contributed by atoms with Gasteiger partial charge >= 0.3 is 39.5 Å². The number of aliphatic hydroxyl groups excluding tert-OH is 1. The molecular formula is C86H168O17P2. The van der Waals surface area contributed by atoms with Crippen molar-refractivity contribution in [2.45, 2.75) is 477 Å². The van der Waals surface area contributed by atoms with E-state index in [1.165, 1.54) is 276 Å². The fraction of sp³-hybridized carbons (Fsp3) is 0.953. The molecule has 624 valence electrons. The predicted octanol–water partition coefficient (Wildman–Crippen LogP) is 26.2. The molecule has 0 saturated heterocycles. The Bertz CT molecular complexity index is 2010. The van der Waals surface area contributed by atoms with Crippen molar-refractivity contribution in [2.75, 3.05) is 39.6 Å². The second-order valence-corrected chi connectivity index (χ2v) is 34.6. The van der Waals surface area contributed by atoms with Gasteiger partial charge in [-0.15, -0.1) is 0 Å². The van der Waals surface area contributed by atoms with E-state index in [-0.39, 0.29) is 25.7 Å². The molecule has 0 amide bonds. The highest BCUT2D eigenvalue weighted by molar-refractivity contribution is 7.47. The Morgan fingerprint density at radius 2 is 0.486 bits per heavy atom. The van der Waals surface area contributed by atoms with Crippen LogP contribution in [0.15, 0.2) is 0 Å². The minimum Gasteiger partial charge on any atom is -0.462 e. The zero-order chi connectivity index (χ0) is 77.1. The molecule has 0 aromatic rings. The van der Waals surface area contributed by atoms with Crippen LogP contribution in [0.5, 0.6) is 0 Å². The van der Waals surface area contributed by atoms with Crippen molar-refractivity contribution in [1.82, 2.24) is 0 Å². The summed E-state index contributed by atoms with van der Waals surface area (Å²) in [7, 11) is -9.93. The summed E-state index contributed by atoms with van der Waals surface area (Å²) >= 11 is 0. The van der Waals surface area contributed by atoms with Crippen molar-refractivity contribution in [3.8, 4) is 0 Å². The molecule has 3 N–H and O–H groups in total. The number of aliphatic hydroxyl groups is 1. The lowest BCUT2D eigenvalue weighted by atomic mass is 9.99. The van der Waals surface area contributed by atoms with Crippen molar-refractivity contribution < 1.29 is 80.2 Å². The van der Waals surface area contributed by atoms with Crippen LogP contribution in [0.25, 0.3) is 0 Å². The number of rotatable bonds is 85. The molecule has 0 aliphatic carbocycles. The lowest BCUT2D eigenvalue weighted by Crippen LogP contribution is -2.30. The first-order valence-electron chi connectivity index (χ1n) is 44.5. The number of ether oxygens (including phenoxy) is 4. The smallest absolute Gasteiger partial charge is 0.462 e. The van der Waals surface area contributed by atoms with Crippen LogP contribution in [0.2, 0.25) is 0 Å². The van der Waals surface area contributed by atoms with E-state index >= 15 is 0 Å². The van der Waals surface area contributed by atoms with Gasteiger partial charge in [0.15, 0.2) is 12.2 Å². The predicted molar refractivity (Wildman–Crippen MR) is 432 cm³/mol. The lowest BCUT2D eigenvalue weighted by Gasteiger charge is -2.21. The van der Waals surface area contributed by atoms with Crippen LogP contribution in [0.3, 0.4) is 0 Å². The Kier molecular flexibility index (Phi) is 76.0. The first-order chi connectivity index (χ1) is 50.9. The lowest BCUT2D eigenvalue weighted by molar-refractivity contribution is -0.161. The molecule has 0 aliphatic heterocycles. The fourth-order valence-corrected chi connectivity index (χ4v) is 15.0. The van der Waals surface area contributed by atoms with E-state index in [1.807, 2.05) is 0 Å². The molecule has 0 bridgehead atoms. The van der Waals surface area contributed by atoms with Crippen molar-refractivity contribution in [3.05, 3.63) is 0 Å². The van der Waals surface area contributed by atoms with Crippen molar-refractivity contribution in [2.24, 2.45) is 11.8 Å². The minimum atomic E-state index is -4.97. The molecule has 0 aromatic heterocycles. The molecule has 17 nitrogen and oxygen atoms in total. The van der Waals surface area contributed by atoms with Crippen LogP contribution >= 0.6 is 15.6 Å². The Labute approximate surface area is 645 Å². The highest BCUT2D eigenvalue weighted by Crippen LogP contribution is 2.45. The number of carbonyl (C=O) groups excluding carboxylic acids is 4. The van der Waals surface area contributed by atoms with Gasteiger partial charge in [0.2, 0.25) is 0 Å². The first-order valence-corrected chi connectivity index (χ1v) is 47.5. The van der Waals surface area contributed by atoms with Crippen molar-refractivity contribution in [3.63, 3.8) is 0 Å². The minimum absolute atomic E-state index is 0.106. The summed E-state index contributed by atoms with van der Waals surface area (Å²) in [5, 5.41) is 10.7. The maximum atomic E-state index is 13.1. The molecule has 6 atom stereocenters. The summed E-state index contributed by atoms with van der Waals surface area (Å²) in [6.07, 6.45) is 69.5. The molecule has 3 unspecified atom stereocenters. The number of unbranched alkanes of at least 4 members (excludes halogenated alkanes) is 54. The summed E-state index contributed by atoms with van der Waals surface area (Å²) in [5.41, 5.74) is 0. The zero-order valence-electron chi connectivity index (χ0n) is 69.0. The number of phosphoric ester groups is 2. The largest absolute Gasteiger partial charge is 0.472 e.